The summed E-state index contributed by atoms with van der Waals surface area (Å²) in [5.41, 5.74) is -7.29. The van der Waals surface area contributed by atoms with E-state index in [9.17, 15) is 46.4 Å². The van der Waals surface area contributed by atoms with E-state index in [1.54, 1.807) is 0 Å². The molecule has 0 aliphatic heterocycles. The van der Waals surface area contributed by atoms with Crippen LogP contribution in [0.15, 0.2) is 48.5 Å². The van der Waals surface area contributed by atoms with Crippen molar-refractivity contribution >= 4 is 17.3 Å². The maximum Gasteiger partial charge on any atom is 0.430 e. The highest BCUT2D eigenvalue weighted by Gasteiger charge is 2.71. The van der Waals surface area contributed by atoms with Crippen molar-refractivity contribution in [1.82, 2.24) is 0 Å². The maximum atomic E-state index is 12.8. The highest BCUT2D eigenvalue weighted by atomic mass is 19.4. The Morgan fingerprint density at radius 1 is 0.964 bits per heavy atom. The molecule has 12 heteroatoms. The van der Waals surface area contributed by atoms with Gasteiger partial charge in [-0.25, -0.2) is 0 Å². The molecule has 28 heavy (non-hydrogen) atoms. The van der Waals surface area contributed by atoms with Gasteiger partial charge in [-0.15, -0.1) is 0 Å². The van der Waals surface area contributed by atoms with Crippen LogP contribution < -0.4 is 5.32 Å². The van der Waals surface area contributed by atoms with Crippen molar-refractivity contribution in [3.63, 3.8) is 0 Å². The van der Waals surface area contributed by atoms with E-state index >= 15 is 0 Å². The van der Waals surface area contributed by atoms with E-state index in [0.29, 0.717) is 12.1 Å². The highest BCUT2D eigenvalue weighted by molar-refractivity contribution is 6.04. The van der Waals surface area contributed by atoms with Gasteiger partial charge in [0.05, 0.1) is 4.92 Å². The number of carbonyl (C=O) groups excluding carboxylic acids is 1. The summed E-state index contributed by atoms with van der Waals surface area (Å²) in [5, 5.41) is 22.2. The zero-order chi connectivity index (χ0) is 21.3. The van der Waals surface area contributed by atoms with Gasteiger partial charge < -0.3 is 10.4 Å². The van der Waals surface area contributed by atoms with E-state index in [1.165, 1.54) is 12.1 Å². The Labute approximate surface area is 152 Å². The first-order valence-corrected chi connectivity index (χ1v) is 7.29. The van der Waals surface area contributed by atoms with Crippen LogP contribution in [0.2, 0.25) is 0 Å². The number of nitrogens with zero attached hydrogens (tertiary/aromatic N) is 1. The molecule has 0 spiro atoms. The molecule has 0 fully saturated rings. The molecule has 0 bridgehead atoms. The quantitative estimate of drug-likeness (QED) is 0.452. The van der Waals surface area contributed by atoms with Gasteiger partial charge in [0.2, 0.25) is 0 Å². The van der Waals surface area contributed by atoms with E-state index in [1.807, 2.05) is 0 Å². The van der Waals surface area contributed by atoms with Gasteiger partial charge >= 0.3 is 12.4 Å². The average Bonchev–Trinajstić information content (AvgIpc) is 2.59. The lowest BCUT2D eigenvalue weighted by Crippen LogP contribution is -2.53. The number of benzene rings is 2. The van der Waals surface area contributed by atoms with Crippen LogP contribution in [-0.4, -0.2) is 28.3 Å². The molecule has 6 nitrogen and oxygen atoms in total. The normalized spacial score (nSPS) is 12.5. The molecule has 0 unspecified atom stereocenters. The monoisotopic (exact) mass is 408 g/mol. The van der Waals surface area contributed by atoms with Crippen LogP contribution in [0.5, 0.6) is 0 Å². The molecule has 2 aromatic rings. The third kappa shape index (κ3) is 3.91. The summed E-state index contributed by atoms with van der Waals surface area (Å²) in [6.07, 6.45) is -12.1. The van der Waals surface area contributed by atoms with Gasteiger partial charge in [0, 0.05) is 28.9 Å². The minimum Gasteiger partial charge on any atom is -0.369 e. The molecule has 2 N–H and O–H groups in total. The van der Waals surface area contributed by atoms with Gasteiger partial charge in [-0.05, 0) is 18.2 Å². The van der Waals surface area contributed by atoms with Gasteiger partial charge in [-0.1, -0.05) is 18.2 Å². The van der Waals surface area contributed by atoms with Crippen molar-refractivity contribution in [2.45, 2.75) is 18.0 Å². The second kappa shape index (κ2) is 7.11. The van der Waals surface area contributed by atoms with Gasteiger partial charge in [-0.2, -0.15) is 26.3 Å². The van der Waals surface area contributed by atoms with Gasteiger partial charge in [-0.3, -0.25) is 14.9 Å². The van der Waals surface area contributed by atoms with Crippen molar-refractivity contribution in [3.8, 4) is 0 Å². The summed E-state index contributed by atoms with van der Waals surface area (Å²) < 4.78 is 77.0. The standard InChI is InChI=1S/C16H10F6N2O4/c17-15(18,19)14(26,16(20,21)22)10-4-6-11(7-5-10)23-13(25)9-2-1-3-12(8-9)24(27)28/h1-8,26H,(H,23,25). The van der Waals surface area contributed by atoms with E-state index in [2.05, 4.69) is 5.32 Å². The number of hydrogen-bond donors (Lipinski definition) is 2. The number of nitro groups is 1. The number of rotatable bonds is 4. The Kier molecular flexibility index (Phi) is 5.37. The molecule has 0 aromatic heterocycles. The van der Waals surface area contributed by atoms with Crippen LogP contribution in [0, 0.1) is 10.1 Å². The zero-order valence-corrected chi connectivity index (χ0v) is 13.5. The number of non-ortho nitro benzene ring substituents is 1. The first kappa shape index (κ1) is 21.2. The predicted molar refractivity (Wildman–Crippen MR) is 83.5 cm³/mol. The molecular weight excluding hydrogens is 398 g/mol. The minimum absolute atomic E-state index is 0.152. The number of alkyl halides is 6. The van der Waals surface area contributed by atoms with Crippen molar-refractivity contribution in [2.24, 2.45) is 0 Å². The van der Waals surface area contributed by atoms with Crippen LogP contribution >= 0.6 is 0 Å². The predicted octanol–water partition coefficient (Wildman–Crippen LogP) is 4.16. The lowest BCUT2D eigenvalue weighted by atomic mass is 9.92. The Balaban J connectivity index is 2.29. The first-order chi connectivity index (χ1) is 12.8. The number of amides is 1. The third-order valence-electron chi connectivity index (χ3n) is 3.70. The molecular formula is C16H10F6N2O4. The van der Waals surface area contributed by atoms with Crippen molar-refractivity contribution in [3.05, 3.63) is 69.8 Å². The lowest BCUT2D eigenvalue weighted by molar-refractivity contribution is -0.384. The van der Waals surface area contributed by atoms with Crippen molar-refractivity contribution in [2.75, 3.05) is 5.32 Å². The summed E-state index contributed by atoms with van der Waals surface area (Å²) in [6.45, 7) is 0. The molecule has 0 radical (unpaired) electrons. The summed E-state index contributed by atoms with van der Waals surface area (Å²) in [7, 11) is 0. The fraction of sp³-hybridized carbons (Fsp3) is 0.188. The molecule has 2 rings (SSSR count). The third-order valence-corrected chi connectivity index (χ3v) is 3.70. The summed E-state index contributed by atoms with van der Waals surface area (Å²) in [5.74, 6) is -0.877. The van der Waals surface area contributed by atoms with Crippen LogP contribution in [0.1, 0.15) is 15.9 Å². The van der Waals surface area contributed by atoms with Crippen LogP contribution in [0.4, 0.5) is 37.7 Å². The minimum atomic E-state index is -6.03. The second-order valence-electron chi connectivity index (χ2n) is 5.54. The van der Waals surface area contributed by atoms with Crippen LogP contribution in [0.3, 0.4) is 0 Å². The smallest absolute Gasteiger partial charge is 0.369 e. The average molecular weight is 408 g/mol. The SMILES string of the molecule is O=C(Nc1ccc(C(O)(C(F)(F)F)C(F)(F)F)cc1)c1cccc([N+](=O)[O-])c1. The Bertz CT molecular complexity index is 879. The first-order valence-electron chi connectivity index (χ1n) is 7.29. The molecule has 2 aromatic carbocycles. The number of halogens is 6. The number of hydrogen-bond acceptors (Lipinski definition) is 4. The summed E-state index contributed by atoms with van der Waals surface area (Å²) in [4.78, 5) is 22.0. The molecule has 150 valence electrons. The molecule has 0 atom stereocenters. The van der Waals surface area contributed by atoms with E-state index in [4.69, 9.17) is 0 Å². The maximum absolute atomic E-state index is 12.8. The van der Waals surface area contributed by atoms with Gasteiger partial charge in [0.25, 0.3) is 17.2 Å². The Hall–Kier alpha value is -3.15. The number of nitro benzene ring substituents is 1. The van der Waals surface area contributed by atoms with E-state index in [-0.39, 0.29) is 16.9 Å². The van der Waals surface area contributed by atoms with E-state index < -0.39 is 34.3 Å². The molecule has 0 aliphatic rings. The largest absolute Gasteiger partial charge is 0.430 e. The summed E-state index contributed by atoms with van der Waals surface area (Å²) in [6, 6.07) is 6.70. The second-order valence-corrected chi connectivity index (χ2v) is 5.54. The zero-order valence-electron chi connectivity index (χ0n) is 13.5. The molecule has 0 saturated carbocycles. The van der Waals surface area contributed by atoms with Gasteiger partial charge in [0.15, 0.2) is 0 Å². The Morgan fingerprint density at radius 2 is 1.50 bits per heavy atom. The highest BCUT2D eigenvalue weighted by Crippen LogP contribution is 2.50. The number of carbonyl (C=O) groups is 1. The molecule has 1 amide bonds. The van der Waals surface area contributed by atoms with E-state index in [0.717, 1.165) is 24.3 Å². The fourth-order valence-corrected chi connectivity index (χ4v) is 2.25. The van der Waals surface area contributed by atoms with Crippen LogP contribution in [0.25, 0.3) is 0 Å². The van der Waals surface area contributed by atoms with Crippen molar-refractivity contribution < 1.29 is 41.2 Å². The number of nitrogens with one attached hydrogen (secondary N) is 1. The molecule has 0 heterocycles. The van der Waals surface area contributed by atoms with Crippen molar-refractivity contribution in [1.29, 1.82) is 0 Å². The lowest BCUT2D eigenvalue weighted by Gasteiger charge is -2.32. The molecule has 0 saturated heterocycles. The van der Waals surface area contributed by atoms with Gasteiger partial charge in [0.1, 0.15) is 0 Å². The Morgan fingerprint density at radius 3 is 1.96 bits per heavy atom. The number of aliphatic hydroxyl groups is 1. The molecule has 0 aliphatic carbocycles. The number of anilines is 1. The fourth-order valence-electron chi connectivity index (χ4n) is 2.25. The van der Waals surface area contributed by atoms with Crippen LogP contribution in [-0.2, 0) is 5.60 Å². The topological polar surface area (TPSA) is 92.5 Å². The summed E-state index contributed by atoms with van der Waals surface area (Å²) >= 11 is 0.